The van der Waals surface area contributed by atoms with E-state index in [4.69, 9.17) is 5.73 Å². The van der Waals surface area contributed by atoms with Gasteiger partial charge in [0.1, 0.15) is 0 Å². The molecular formula is C8H6BrF5N2O. The molecule has 0 aliphatic carbocycles. The molecule has 96 valence electrons. The van der Waals surface area contributed by atoms with Gasteiger partial charge >= 0.3 is 12.1 Å². The molecule has 0 bridgehead atoms. The van der Waals surface area contributed by atoms with Gasteiger partial charge in [0.2, 0.25) is 0 Å². The Bertz CT molecular complexity index is 389. The lowest BCUT2D eigenvalue weighted by molar-refractivity contribution is -0.290. The van der Waals surface area contributed by atoms with Gasteiger partial charge in [-0.05, 0) is 15.9 Å². The average Bonchev–Trinajstić information content (AvgIpc) is 2.15. The molecule has 0 radical (unpaired) electrons. The highest BCUT2D eigenvalue weighted by atomic mass is 79.9. The Hall–Kier alpha value is -1.12. The van der Waals surface area contributed by atoms with Gasteiger partial charge in [0.15, 0.2) is 12.4 Å². The van der Waals surface area contributed by atoms with Crippen LogP contribution in [0.2, 0.25) is 0 Å². The summed E-state index contributed by atoms with van der Waals surface area (Å²) in [5.41, 5.74) is 5.17. The van der Waals surface area contributed by atoms with E-state index in [0.717, 1.165) is 12.4 Å². The van der Waals surface area contributed by atoms with Crippen molar-refractivity contribution in [3.05, 3.63) is 16.9 Å². The summed E-state index contributed by atoms with van der Waals surface area (Å²) >= 11 is 2.87. The number of rotatable bonds is 3. The number of aromatic nitrogens is 1. The van der Waals surface area contributed by atoms with Crippen molar-refractivity contribution < 1.29 is 26.7 Å². The van der Waals surface area contributed by atoms with Gasteiger partial charge in [-0.25, -0.2) is 0 Å². The predicted molar refractivity (Wildman–Crippen MR) is 52.8 cm³/mol. The summed E-state index contributed by atoms with van der Waals surface area (Å²) in [6.07, 6.45) is -3.43. The van der Waals surface area contributed by atoms with Gasteiger partial charge in [-0.3, -0.25) is 4.98 Å². The van der Waals surface area contributed by atoms with Crippen molar-refractivity contribution in [1.82, 2.24) is 4.98 Å². The number of alkyl halides is 5. The molecule has 9 heteroatoms. The summed E-state index contributed by atoms with van der Waals surface area (Å²) in [6.45, 7) is -1.84. The number of hydrogen-bond donors (Lipinski definition) is 1. The topological polar surface area (TPSA) is 48.1 Å². The molecular weight excluding hydrogens is 315 g/mol. The molecule has 0 aliphatic rings. The molecule has 1 aromatic rings. The molecule has 0 amide bonds. The van der Waals surface area contributed by atoms with E-state index in [1.54, 1.807) is 0 Å². The van der Waals surface area contributed by atoms with Crippen LogP contribution in [-0.4, -0.2) is 23.7 Å². The molecule has 0 aromatic carbocycles. The molecule has 0 unspecified atom stereocenters. The van der Waals surface area contributed by atoms with E-state index in [1.165, 1.54) is 0 Å². The normalized spacial score (nSPS) is 12.6. The number of nitrogens with two attached hydrogens (primary N) is 1. The third-order valence-corrected chi connectivity index (χ3v) is 2.26. The first kappa shape index (κ1) is 13.9. The standard InChI is InChI=1S/C8H6BrF5N2O/c9-4-1-16-2-5(15)6(4)17-3-7(10,11)8(12,13)14/h1-2H,3,15H2. The number of pyridine rings is 1. The lowest BCUT2D eigenvalue weighted by atomic mass is 10.3. The van der Waals surface area contributed by atoms with Crippen LogP contribution in [0.25, 0.3) is 0 Å². The molecule has 17 heavy (non-hydrogen) atoms. The summed E-state index contributed by atoms with van der Waals surface area (Å²) < 4.78 is 65.1. The molecule has 0 atom stereocenters. The van der Waals surface area contributed by atoms with E-state index in [0.29, 0.717) is 0 Å². The zero-order valence-corrected chi connectivity index (χ0v) is 9.65. The summed E-state index contributed by atoms with van der Waals surface area (Å²) in [7, 11) is 0. The van der Waals surface area contributed by atoms with Crippen LogP contribution in [0.1, 0.15) is 0 Å². The summed E-state index contributed by atoms with van der Waals surface area (Å²) in [5.74, 6) is -5.24. The minimum Gasteiger partial charge on any atom is -0.483 e. The number of nitrogen functional groups attached to an aromatic ring is 1. The molecule has 2 N–H and O–H groups in total. The first-order valence-corrected chi connectivity index (χ1v) is 4.91. The van der Waals surface area contributed by atoms with Gasteiger partial charge in [0.25, 0.3) is 0 Å². The lowest BCUT2D eigenvalue weighted by Crippen LogP contribution is -2.41. The van der Waals surface area contributed by atoms with Crippen LogP contribution in [0, 0.1) is 0 Å². The zero-order chi connectivity index (χ0) is 13.3. The number of ether oxygens (including phenoxy) is 1. The Labute approximate surface area is 101 Å². The van der Waals surface area contributed by atoms with Gasteiger partial charge < -0.3 is 10.5 Å². The molecule has 0 aliphatic heterocycles. The molecule has 0 saturated carbocycles. The van der Waals surface area contributed by atoms with Crippen molar-refractivity contribution in [1.29, 1.82) is 0 Å². The van der Waals surface area contributed by atoms with E-state index < -0.39 is 18.7 Å². The monoisotopic (exact) mass is 320 g/mol. The Balaban J connectivity index is 2.81. The van der Waals surface area contributed by atoms with Crippen LogP contribution in [0.5, 0.6) is 5.75 Å². The Morgan fingerprint density at radius 2 is 1.82 bits per heavy atom. The van der Waals surface area contributed by atoms with E-state index in [-0.39, 0.29) is 15.9 Å². The van der Waals surface area contributed by atoms with Crippen LogP contribution < -0.4 is 10.5 Å². The van der Waals surface area contributed by atoms with Crippen LogP contribution in [0.3, 0.4) is 0 Å². The summed E-state index contributed by atoms with van der Waals surface area (Å²) in [6, 6.07) is 0. The van der Waals surface area contributed by atoms with Crippen molar-refractivity contribution in [3.63, 3.8) is 0 Å². The third kappa shape index (κ3) is 3.18. The molecule has 1 aromatic heterocycles. The van der Waals surface area contributed by atoms with Gasteiger partial charge in [-0.2, -0.15) is 22.0 Å². The first-order valence-electron chi connectivity index (χ1n) is 4.11. The number of hydrogen-bond acceptors (Lipinski definition) is 3. The maximum absolute atomic E-state index is 12.6. The maximum Gasteiger partial charge on any atom is 0.456 e. The van der Waals surface area contributed by atoms with Crippen molar-refractivity contribution >= 4 is 21.6 Å². The van der Waals surface area contributed by atoms with Gasteiger partial charge in [0.05, 0.1) is 16.4 Å². The Morgan fingerprint density at radius 3 is 2.29 bits per heavy atom. The summed E-state index contributed by atoms with van der Waals surface area (Å²) in [4.78, 5) is 3.58. The quantitative estimate of drug-likeness (QED) is 0.871. The highest BCUT2D eigenvalue weighted by Gasteiger charge is 2.58. The van der Waals surface area contributed by atoms with Gasteiger partial charge in [0, 0.05) is 6.20 Å². The first-order chi connectivity index (χ1) is 7.65. The smallest absolute Gasteiger partial charge is 0.456 e. The highest BCUT2D eigenvalue weighted by molar-refractivity contribution is 9.10. The van der Waals surface area contributed by atoms with Crippen molar-refractivity contribution in [2.45, 2.75) is 12.1 Å². The van der Waals surface area contributed by atoms with Crippen LogP contribution in [-0.2, 0) is 0 Å². The van der Waals surface area contributed by atoms with E-state index in [9.17, 15) is 22.0 Å². The van der Waals surface area contributed by atoms with E-state index in [1.807, 2.05) is 0 Å². The Kier molecular flexibility index (Phi) is 3.80. The molecule has 1 heterocycles. The second kappa shape index (κ2) is 4.63. The maximum atomic E-state index is 12.6. The second-order valence-corrected chi connectivity index (χ2v) is 3.88. The SMILES string of the molecule is Nc1cncc(Br)c1OCC(F)(F)C(F)(F)F. The zero-order valence-electron chi connectivity index (χ0n) is 8.06. The molecule has 1 rings (SSSR count). The largest absolute Gasteiger partial charge is 0.483 e. The lowest BCUT2D eigenvalue weighted by Gasteiger charge is -2.20. The van der Waals surface area contributed by atoms with Crippen molar-refractivity contribution in [2.75, 3.05) is 12.3 Å². The van der Waals surface area contributed by atoms with Crippen LogP contribution >= 0.6 is 15.9 Å². The molecule has 0 spiro atoms. The number of halogens is 6. The second-order valence-electron chi connectivity index (χ2n) is 3.03. The molecule has 0 fully saturated rings. The van der Waals surface area contributed by atoms with E-state index in [2.05, 4.69) is 25.7 Å². The fourth-order valence-corrected chi connectivity index (χ4v) is 1.30. The van der Waals surface area contributed by atoms with Crippen molar-refractivity contribution in [2.24, 2.45) is 0 Å². The fraction of sp³-hybridized carbons (Fsp3) is 0.375. The third-order valence-electron chi connectivity index (χ3n) is 1.69. The van der Waals surface area contributed by atoms with Crippen molar-refractivity contribution in [3.8, 4) is 5.75 Å². The highest BCUT2D eigenvalue weighted by Crippen LogP contribution is 2.37. The minimum atomic E-state index is -5.67. The molecule has 0 saturated heterocycles. The molecule has 3 nitrogen and oxygen atoms in total. The summed E-state index contributed by atoms with van der Waals surface area (Å²) in [5, 5.41) is 0. The van der Waals surface area contributed by atoms with Crippen LogP contribution in [0.15, 0.2) is 16.9 Å². The fourth-order valence-electron chi connectivity index (χ4n) is 0.835. The minimum absolute atomic E-state index is 0.0930. The Morgan fingerprint density at radius 1 is 1.24 bits per heavy atom. The van der Waals surface area contributed by atoms with Gasteiger partial charge in [-0.15, -0.1) is 0 Å². The number of anilines is 1. The average molecular weight is 321 g/mol. The number of nitrogens with zero attached hydrogens (tertiary/aromatic N) is 1. The van der Waals surface area contributed by atoms with Gasteiger partial charge in [-0.1, -0.05) is 0 Å². The van der Waals surface area contributed by atoms with E-state index >= 15 is 0 Å². The predicted octanol–water partition coefficient (Wildman–Crippen LogP) is 3.00. The van der Waals surface area contributed by atoms with Crippen LogP contribution in [0.4, 0.5) is 27.6 Å².